The van der Waals surface area contributed by atoms with Gasteiger partial charge >= 0.3 is 0 Å². The largest absolute Gasteiger partial charge is 0.308 e. The van der Waals surface area contributed by atoms with Crippen molar-refractivity contribution in [1.82, 2.24) is 10.6 Å². The Balaban J connectivity index is 2.60. The van der Waals surface area contributed by atoms with Crippen molar-refractivity contribution in [3.05, 3.63) is 0 Å². The van der Waals surface area contributed by atoms with Gasteiger partial charge in [0.2, 0.25) is 0 Å². The predicted octanol–water partition coefficient (Wildman–Crippen LogP) is 8.93. The number of rotatable bonds is 21. The first-order valence-electron chi connectivity index (χ1n) is 14.8. The zero-order chi connectivity index (χ0) is 22.6. The molecule has 0 aromatic rings. The molecular weight excluding hydrogens is 376 g/mol. The number of unbranched alkanes of at least 4 members (excludes halogenated alkanes) is 13. The molecule has 0 aliphatic carbocycles. The van der Waals surface area contributed by atoms with Gasteiger partial charge in [-0.3, -0.25) is 0 Å². The van der Waals surface area contributed by atoms with E-state index in [0.717, 1.165) is 0 Å². The lowest BCUT2D eigenvalue weighted by molar-refractivity contribution is 0.170. The molecule has 4 unspecified atom stereocenters. The molecule has 0 bridgehead atoms. The first kappa shape index (κ1) is 29.0. The summed E-state index contributed by atoms with van der Waals surface area (Å²) < 4.78 is 0. The van der Waals surface area contributed by atoms with Crippen LogP contribution in [0.5, 0.6) is 0 Å². The molecule has 1 aliphatic rings. The van der Waals surface area contributed by atoms with Gasteiger partial charge < -0.3 is 10.6 Å². The minimum absolute atomic E-state index is 0.697. The Morgan fingerprint density at radius 1 is 0.323 bits per heavy atom. The highest BCUT2D eigenvalue weighted by Crippen LogP contribution is 2.24. The Morgan fingerprint density at radius 3 is 0.935 bits per heavy atom. The quantitative estimate of drug-likeness (QED) is 0.175. The Morgan fingerprint density at radius 2 is 0.581 bits per heavy atom. The maximum absolute atomic E-state index is 4.23. The molecule has 1 fully saturated rings. The van der Waals surface area contributed by atoms with Crippen molar-refractivity contribution >= 4 is 0 Å². The average Bonchev–Trinajstić information content (AvgIpc) is 2.78. The van der Waals surface area contributed by atoms with Gasteiger partial charge in [0.05, 0.1) is 0 Å². The third-order valence-electron chi connectivity index (χ3n) is 7.55. The third kappa shape index (κ3) is 13.9. The first-order chi connectivity index (χ1) is 15.3. The highest BCUT2D eigenvalue weighted by atomic mass is 15.1. The second kappa shape index (κ2) is 20.5. The molecule has 0 aromatic carbocycles. The van der Waals surface area contributed by atoms with E-state index in [1.807, 2.05) is 0 Å². The van der Waals surface area contributed by atoms with E-state index in [4.69, 9.17) is 0 Å². The molecule has 0 amide bonds. The molecule has 1 aliphatic heterocycles. The SMILES string of the molecule is CCCCCCCCC1NC(CCCC)C(CCCCCC)NC1CCCCCCC. The van der Waals surface area contributed by atoms with Crippen LogP contribution < -0.4 is 10.6 Å². The van der Waals surface area contributed by atoms with E-state index >= 15 is 0 Å². The summed E-state index contributed by atoms with van der Waals surface area (Å²) in [6, 6.07) is 2.80. The average molecular weight is 437 g/mol. The summed E-state index contributed by atoms with van der Waals surface area (Å²) >= 11 is 0. The van der Waals surface area contributed by atoms with E-state index in [2.05, 4.69) is 38.3 Å². The second-order valence-corrected chi connectivity index (χ2v) is 10.5. The Labute approximate surface area is 197 Å². The fourth-order valence-corrected chi connectivity index (χ4v) is 5.48. The zero-order valence-electron chi connectivity index (χ0n) is 22.2. The molecule has 0 radical (unpaired) electrons. The van der Waals surface area contributed by atoms with Gasteiger partial charge in [-0.05, 0) is 25.7 Å². The maximum Gasteiger partial charge on any atom is 0.0224 e. The van der Waals surface area contributed by atoms with E-state index in [1.54, 1.807) is 0 Å². The van der Waals surface area contributed by atoms with E-state index in [1.165, 1.54) is 135 Å². The summed E-state index contributed by atoms with van der Waals surface area (Å²) in [5.41, 5.74) is 0. The Kier molecular flexibility index (Phi) is 19.2. The lowest BCUT2D eigenvalue weighted by Gasteiger charge is -2.45. The van der Waals surface area contributed by atoms with E-state index in [9.17, 15) is 0 Å². The molecule has 2 N–H and O–H groups in total. The molecule has 0 spiro atoms. The number of nitrogens with one attached hydrogen (secondary N) is 2. The van der Waals surface area contributed by atoms with Gasteiger partial charge in [0.25, 0.3) is 0 Å². The van der Waals surface area contributed by atoms with Gasteiger partial charge in [0.15, 0.2) is 0 Å². The predicted molar refractivity (Wildman–Crippen MR) is 141 cm³/mol. The standard InChI is InChI=1S/C29H60N2/c1-5-9-13-16-18-21-25-28-29(24-20-17-14-10-6-2)31-27(23-19-15-11-7-3)26(30-28)22-12-8-4/h26-31H,5-25H2,1-4H3. The van der Waals surface area contributed by atoms with Crippen LogP contribution >= 0.6 is 0 Å². The number of hydrogen-bond donors (Lipinski definition) is 2. The fraction of sp³-hybridized carbons (Fsp3) is 1.00. The zero-order valence-corrected chi connectivity index (χ0v) is 22.2. The second-order valence-electron chi connectivity index (χ2n) is 10.5. The monoisotopic (exact) mass is 436 g/mol. The molecule has 1 saturated heterocycles. The van der Waals surface area contributed by atoms with Gasteiger partial charge in [-0.2, -0.15) is 0 Å². The molecule has 0 aromatic heterocycles. The summed E-state index contributed by atoms with van der Waals surface area (Å²) in [6.45, 7) is 9.31. The summed E-state index contributed by atoms with van der Waals surface area (Å²) in [5, 5.41) is 8.45. The van der Waals surface area contributed by atoms with Crippen molar-refractivity contribution in [2.75, 3.05) is 0 Å². The van der Waals surface area contributed by atoms with Gasteiger partial charge in [-0.15, -0.1) is 0 Å². The van der Waals surface area contributed by atoms with Crippen molar-refractivity contribution < 1.29 is 0 Å². The fourth-order valence-electron chi connectivity index (χ4n) is 5.48. The summed E-state index contributed by atoms with van der Waals surface area (Å²) in [7, 11) is 0. The van der Waals surface area contributed by atoms with Crippen LogP contribution in [0.4, 0.5) is 0 Å². The van der Waals surface area contributed by atoms with Crippen LogP contribution in [0.2, 0.25) is 0 Å². The smallest absolute Gasteiger partial charge is 0.0224 e. The van der Waals surface area contributed by atoms with Crippen molar-refractivity contribution in [3.63, 3.8) is 0 Å². The summed E-state index contributed by atoms with van der Waals surface area (Å²) in [5.74, 6) is 0. The van der Waals surface area contributed by atoms with Crippen LogP contribution in [-0.2, 0) is 0 Å². The molecular formula is C29H60N2. The molecule has 2 nitrogen and oxygen atoms in total. The molecule has 4 atom stereocenters. The highest BCUT2D eigenvalue weighted by Gasteiger charge is 2.34. The number of hydrogen-bond acceptors (Lipinski definition) is 2. The van der Waals surface area contributed by atoms with E-state index < -0.39 is 0 Å². The maximum atomic E-state index is 4.23. The Hall–Kier alpha value is -0.0800. The Bertz CT molecular complexity index is 370. The van der Waals surface area contributed by atoms with Crippen LogP contribution in [0.3, 0.4) is 0 Å². The van der Waals surface area contributed by atoms with Crippen LogP contribution in [0, 0.1) is 0 Å². The van der Waals surface area contributed by atoms with Crippen molar-refractivity contribution in [1.29, 1.82) is 0 Å². The van der Waals surface area contributed by atoms with Crippen LogP contribution in [-0.4, -0.2) is 24.2 Å². The lowest BCUT2D eigenvalue weighted by atomic mass is 9.86. The van der Waals surface area contributed by atoms with Crippen molar-refractivity contribution in [2.24, 2.45) is 0 Å². The van der Waals surface area contributed by atoms with E-state index in [-0.39, 0.29) is 0 Å². The van der Waals surface area contributed by atoms with Crippen molar-refractivity contribution in [3.8, 4) is 0 Å². The summed E-state index contributed by atoms with van der Waals surface area (Å²) in [6.07, 6.45) is 29.3. The van der Waals surface area contributed by atoms with Gasteiger partial charge in [0.1, 0.15) is 0 Å². The van der Waals surface area contributed by atoms with Gasteiger partial charge in [0, 0.05) is 24.2 Å². The number of piperazine rings is 1. The molecule has 1 rings (SSSR count). The van der Waals surface area contributed by atoms with Gasteiger partial charge in [-0.1, -0.05) is 137 Å². The lowest BCUT2D eigenvalue weighted by Crippen LogP contribution is -2.65. The normalized spacial score (nSPS) is 24.0. The van der Waals surface area contributed by atoms with Crippen LogP contribution in [0.25, 0.3) is 0 Å². The van der Waals surface area contributed by atoms with Gasteiger partial charge in [-0.25, -0.2) is 0 Å². The van der Waals surface area contributed by atoms with E-state index in [0.29, 0.717) is 24.2 Å². The molecule has 1 heterocycles. The first-order valence-corrected chi connectivity index (χ1v) is 14.8. The van der Waals surface area contributed by atoms with Crippen LogP contribution in [0.15, 0.2) is 0 Å². The van der Waals surface area contributed by atoms with Crippen LogP contribution in [0.1, 0.15) is 163 Å². The molecule has 0 saturated carbocycles. The molecule has 31 heavy (non-hydrogen) atoms. The minimum Gasteiger partial charge on any atom is -0.308 e. The molecule has 2 heteroatoms. The third-order valence-corrected chi connectivity index (χ3v) is 7.55. The highest BCUT2D eigenvalue weighted by molar-refractivity contribution is 4.97. The minimum atomic E-state index is 0.697. The molecule has 186 valence electrons. The summed E-state index contributed by atoms with van der Waals surface area (Å²) in [4.78, 5) is 0. The topological polar surface area (TPSA) is 24.1 Å². The van der Waals surface area contributed by atoms with Crippen molar-refractivity contribution in [2.45, 2.75) is 187 Å².